The van der Waals surface area contributed by atoms with Crippen molar-refractivity contribution in [2.24, 2.45) is 5.92 Å². The van der Waals surface area contributed by atoms with Crippen LogP contribution in [0.5, 0.6) is 5.75 Å². The quantitative estimate of drug-likeness (QED) is 0.840. The van der Waals surface area contributed by atoms with Gasteiger partial charge in [0.15, 0.2) is 0 Å². The van der Waals surface area contributed by atoms with E-state index in [-0.39, 0.29) is 11.3 Å². The molecule has 1 aromatic heterocycles. The van der Waals surface area contributed by atoms with Crippen molar-refractivity contribution in [3.8, 4) is 16.9 Å². The number of phenols is 1. The van der Waals surface area contributed by atoms with Gasteiger partial charge in [-0.05, 0) is 48.2 Å². The lowest BCUT2D eigenvalue weighted by Gasteiger charge is -2.37. The molecule has 0 unspecified atom stereocenters. The average molecular weight is 282 g/mol. The summed E-state index contributed by atoms with van der Waals surface area (Å²) in [4.78, 5) is 12.5. The topological polar surface area (TPSA) is 54.3 Å². The van der Waals surface area contributed by atoms with E-state index in [1.165, 1.54) is 0 Å². The second-order valence-electron chi connectivity index (χ2n) is 6.12. The molecule has 2 N–H and O–H groups in total. The molecule has 4 nitrogen and oxygen atoms in total. The maximum absolute atomic E-state index is 12.5. The van der Waals surface area contributed by atoms with Gasteiger partial charge in [-0.2, -0.15) is 0 Å². The summed E-state index contributed by atoms with van der Waals surface area (Å²) in [7, 11) is 0. The molecule has 0 spiro atoms. The number of piperidine rings is 1. The minimum atomic E-state index is 0.0717. The summed E-state index contributed by atoms with van der Waals surface area (Å²) >= 11 is 0. The molecule has 108 valence electrons. The van der Waals surface area contributed by atoms with Gasteiger partial charge in [-0.25, -0.2) is 0 Å². The standard InChI is InChI=1S/C17H18N2O2/c20-15-3-1-2-12(5-15)13-6-16-14-4-11(8-18-9-14)10-19(16)17(21)7-13/h1-3,5-7,11,14,18,20H,4,8-10H2/t11-,14+/m0/s1. The highest BCUT2D eigenvalue weighted by Gasteiger charge is 2.31. The third-order valence-electron chi connectivity index (χ3n) is 4.64. The van der Waals surface area contributed by atoms with Crippen LogP contribution in [0, 0.1) is 5.92 Å². The van der Waals surface area contributed by atoms with Gasteiger partial charge >= 0.3 is 0 Å². The number of phenolic OH excluding ortho intramolecular Hbond substituents is 1. The van der Waals surface area contributed by atoms with E-state index in [0.717, 1.165) is 42.9 Å². The molecule has 0 aliphatic carbocycles. The molecule has 4 rings (SSSR count). The molecule has 4 heteroatoms. The number of hydrogen-bond acceptors (Lipinski definition) is 3. The Labute approximate surface area is 123 Å². The van der Waals surface area contributed by atoms with Crippen LogP contribution in [0.2, 0.25) is 0 Å². The number of aromatic hydroxyl groups is 1. The molecule has 3 heterocycles. The Kier molecular flexibility index (Phi) is 2.86. The van der Waals surface area contributed by atoms with Gasteiger partial charge in [-0.15, -0.1) is 0 Å². The molecule has 1 saturated heterocycles. The number of nitrogens with zero attached hydrogens (tertiary/aromatic N) is 1. The molecule has 2 atom stereocenters. The Bertz CT molecular complexity index is 751. The predicted octanol–water partition coefficient (Wildman–Crippen LogP) is 1.93. The van der Waals surface area contributed by atoms with E-state index >= 15 is 0 Å². The average Bonchev–Trinajstić information content (AvgIpc) is 2.48. The monoisotopic (exact) mass is 282 g/mol. The molecule has 21 heavy (non-hydrogen) atoms. The largest absolute Gasteiger partial charge is 0.508 e. The maximum atomic E-state index is 12.5. The molecule has 2 bridgehead atoms. The van der Waals surface area contributed by atoms with Gasteiger partial charge < -0.3 is 15.0 Å². The fourth-order valence-corrected chi connectivity index (χ4v) is 3.66. The highest BCUT2D eigenvalue weighted by Crippen LogP contribution is 2.34. The maximum Gasteiger partial charge on any atom is 0.251 e. The van der Waals surface area contributed by atoms with E-state index in [2.05, 4.69) is 11.4 Å². The lowest BCUT2D eigenvalue weighted by molar-refractivity contribution is 0.257. The van der Waals surface area contributed by atoms with Crippen molar-refractivity contribution in [1.82, 2.24) is 9.88 Å². The molecule has 0 amide bonds. The molecular weight excluding hydrogens is 264 g/mol. The SMILES string of the molecule is O=c1cc(-c2cccc(O)c2)cc2n1C[C@@H]1CNC[C@H]2C1. The van der Waals surface area contributed by atoms with Gasteiger partial charge in [0.05, 0.1) is 0 Å². The number of nitrogens with one attached hydrogen (secondary N) is 1. The van der Waals surface area contributed by atoms with Gasteiger partial charge in [-0.3, -0.25) is 4.79 Å². The van der Waals surface area contributed by atoms with E-state index in [4.69, 9.17) is 0 Å². The summed E-state index contributed by atoms with van der Waals surface area (Å²) < 4.78 is 1.94. The van der Waals surface area contributed by atoms with Crippen LogP contribution in [-0.2, 0) is 6.54 Å². The third-order valence-corrected chi connectivity index (χ3v) is 4.64. The van der Waals surface area contributed by atoms with Crippen LogP contribution in [0.1, 0.15) is 18.0 Å². The summed E-state index contributed by atoms with van der Waals surface area (Å²) in [6.07, 6.45) is 1.16. The summed E-state index contributed by atoms with van der Waals surface area (Å²) in [6, 6.07) is 10.9. The number of pyridine rings is 1. The van der Waals surface area contributed by atoms with E-state index in [1.54, 1.807) is 24.3 Å². The van der Waals surface area contributed by atoms with Crippen LogP contribution in [0.4, 0.5) is 0 Å². The second-order valence-corrected chi connectivity index (χ2v) is 6.12. The highest BCUT2D eigenvalue weighted by molar-refractivity contribution is 5.65. The molecular formula is C17H18N2O2. The van der Waals surface area contributed by atoms with E-state index in [9.17, 15) is 9.90 Å². The van der Waals surface area contributed by atoms with Gasteiger partial charge in [-0.1, -0.05) is 12.1 Å². The van der Waals surface area contributed by atoms with Crippen molar-refractivity contribution >= 4 is 0 Å². The van der Waals surface area contributed by atoms with Crippen LogP contribution in [0.25, 0.3) is 11.1 Å². The normalized spacial score (nSPS) is 23.6. The Hall–Kier alpha value is -2.07. The zero-order valence-corrected chi connectivity index (χ0v) is 11.7. The number of benzene rings is 1. The first-order chi connectivity index (χ1) is 10.2. The number of hydrogen-bond donors (Lipinski definition) is 2. The Morgan fingerprint density at radius 1 is 1.14 bits per heavy atom. The fourth-order valence-electron chi connectivity index (χ4n) is 3.66. The van der Waals surface area contributed by atoms with Crippen molar-refractivity contribution in [2.75, 3.05) is 13.1 Å². The van der Waals surface area contributed by atoms with Gasteiger partial charge in [0.25, 0.3) is 5.56 Å². The molecule has 0 radical (unpaired) electrons. The molecule has 2 aromatic rings. The third kappa shape index (κ3) is 2.16. The molecule has 0 saturated carbocycles. The van der Waals surface area contributed by atoms with Gasteiger partial charge in [0.2, 0.25) is 0 Å². The van der Waals surface area contributed by atoms with Gasteiger partial charge in [0.1, 0.15) is 5.75 Å². The van der Waals surface area contributed by atoms with Crippen molar-refractivity contribution < 1.29 is 5.11 Å². The first-order valence-electron chi connectivity index (χ1n) is 7.45. The van der Waals surface area contributed by atoms with Crippen molar-refractivity contribution in [1.29, 1.82) is 0 Å². The lowest BCUT2D eigenvalue weighted by atomic mass is 9.83. The smallest absolute Gasteiger partial charge is 0.251 e. The first-order valence-corrected chi connectivity index (χ1v) is 7.45. The van der Waals surface area contributed by atoms with E-state index in [1.807, 2.05) is 10.6 Å². The minimum Gasteiger partial charge on any atom is -0.508 e. The minimum absolute atomic E-state index is 0.0717. The summed E-state index contributed by atoms with van der Waals surface area (Å²) in [5.41, 5.74) is 2.99. The van der Waals surface area contributed by atoms with Crippen LogP contribution >= 0.6 is 0 Å². The van der Waals surface area contributed by atoms with Crippen LogP contribution in [0.15, 0.2) is 41.2 Å². The molecule has 2 aliphatic rings. The molecule has 1 aromatic carbocycles. The Balaban J connectivity index is 1.85. The van der Waals surface area contributed by atoms with Crippen molar-refractivity contribution in [3.05, 3.63) is 52.4 Å². The van der Waals surface area contributed by atoms with E-state index in [0.29, 0.717) is 11.8 Å². The summed E-state index contributed by atoms with van der Waals surface area (Å²) in [5, 5.41) is 13.1. The predicted molar refractivity (Wildman–Crippen MR) is 81.5 cm³/mol. The number of rotatable bonds is 1. The van der Waals surface area contributed by atoms with Crippen LogP contribution < -0.4 is 10.9 Å². The van der Waals surface area contributed by atoms with Crippen LogP contribution in [0.3, 0.4) is 0 Å². The molecule has 1 fully saturated rings. The zero-order chi connectivity index (χ0) is 14.4. The Morgan fingerprint density at radius 3 is 2.90 bits per heavy atom. The van der Waals surface area contributed by atoms with Crippen molar-refractivity contribution in [2.45, 2.75) is 18.9 Å². The Morgan fingerprint density at radius 2 is 2.05 bits per heavy atom. The second kappa shape index (κ2) is 4.74. The van der Waals surface area contributed by atoms with Gasteiger partial charge in [0, 0.05) is 30.8 Å². The van der Waals surface area contributed by atoms with Crippen LogP contribution in [-0.4, -0.2) is 22.8 Å². The number of fused-ring (bicyclic) bond motifs is 4. The zero-order valence-electron chi connectivity index (χ0n) is 11.7. The molecule has 2 aliphatic heterocycles. The first kappa shape index (κ1) is 12.7. The summed E-state index contributed by atoms with van der Waals surface area (Å²) in [5.74, 6) is 1.22. The van der Waals surface area contributed by atoms with E-state index < -0.39 is 0 Å². The van der Waals surface area contributed by atoms with Crippen molar-refractivity contribution in [3.63, 3.8) is 0 Å². The lowest BCUT2D eigenvalue weighted by Crippen LogP contribution is -2.44. The number of aromatic nitrogens is 1. The fraction of sp³-hybridized carbons (Fsp3) is 0.353. The summed E-state index contributed by atoms with van der Waals surface area (Å²) in [6.45, 7) is 2.77. The highest BCUT2D eigenvalue weighted by atomic mass is 16.3.